The molecule has 0 amide bonds. The van der Waals surface area contributed by atoms with Gasteiger partial charge in [0.25, 0.3) is 0 Å². The van der Waals surface area contributed by atoms with E-state index in [2.05, 4.69) is 42.0 Å². The molecule has 0 saturated heterocycles. The molecule has 1 nitrogen and oxygen atoms in total. The zero-order valence-corrected chi connectivity index (χ0v) is 8.29. The zero-order valence-electron chi connectivity index (χ0n) is 8.29. The fourth-order valence-corrected chi connectivity index (χ4v) is 1.78. The first-order valence-corrected chi connectivity index (χ1v) is 5.07. The minimum Gasteiger partial charge on any atom is -0.361 e. The van der Waals surface area contributed by atoms with Gasteiger partial charge in [-0.3, -0.25) is 0 Å². The lowest BCUT2D eigenvalue weighted by Gasteiger charge is -1.96. The number of aromatic amines is 1. The molecule has 14 heavy (non-hydrogen) atoms. The second kappa shape index (κ2) is 4.14. The maximum absolute atomic E-state index is 3.73. The number of benzene rings is 1. The number of unbranched alkanes of at least 4 members (excludes halogenated alkanes) is 1. The number of nitrogens with one attached hydrogen (secondary N) is 1. The number of H-pyrrole nitrogens is 1. The van der Waals surface area contributed by atoms with E-state index in [1.54, 1.807) is 0 Å². The number of hydrogen-bond acceptors (Lipinski definition) is 0. The molecule has 0 fully saturated rings. The van der Waals surface area contributed by atoms with E-state index < -0.39 is 0 Å². The summed E-state index contributed by atoms with van der Waals surface area (Å²) in [6.07, 6.45) is 7.52. The first kappa shape index (κ1) is 9.07. The number of fused-ring (bicyclic) bond motifs is 1. The predicted octanol–water partition coefficient (Wildman–Crippen LogP) is 3.68. The van der Waals surface area contributed by atoms with Crippen molar-refractivity contribution in [2.75, 3.05) is 0 Å². The lowest BCUT2D eigenvalue weighted by Crippen LogP contribution is -1.81. The zero-order chi connectivity index (χ0) is 9.80. The quantitative estimate of drug-likeness (QED) is 0.552. The Morgan fingerprint density at radius 1 is 1.29 bits per heavy atom. The Morgan fingerprint density at radius 2 is 2.14 bits per heavy atom. The highest BCUT2D eigenvalue weighted by Crippen LogP contribution is 2.19. The Hall–Kier alpha value is -1.50. The van der Waals surface area contributed by atoms with Crippen molar-refractivity contribution in [1.82, 2.24) is 4.98 Å². The SMILES string of the molecule is C=CCCCc1c[nH]c2ccccc12. The summed E-state index contributed by atoms with van der Waals surface area (Å²) in [6.45, 7) is 3.73. The van der Waals surface area contributed by atoms with Crippen molar-refractivity contribution in [3.63, 3.8) is 0 Å². The summed E-state index contributed by atoms with van der Waals surface area (Å²) in [5, 5.41) is 1.36. The van der Waals surface area contributed by atoms with E-state index in [0.717, 1.165) is 12.8 Å². The molecule has 0 bridgehead atoms. The van der Waals surface area contributed by atoms with E-state index in [-0.39, 0.29) is 0 Å². The average molecular weight is 185 g/mol. The molecule has 2 aromatic rings. The van der Waals surface area contributed by atoms with Gasteiger partial charge >= 0.3 is 0 Å². The van der Waals surface area contributed by atoms with E-state index in [1.165, 1.54) is 22.9 Å². The molecule has 2 rings (SSSR count). The summed E-state index contributed by atoms with van der Waals surface area (Å²) >= 11 is 0. The summed E-state index contributed by atoms with van der Waals surface area (Å²) in [5.74, 6) is 0. The van der Waals surface area contributed by atoms with Crippen molar-refractivity contribution in [3.05, 3.63) is 48.7 Å². The Bertz CT molecular complexity index is 425. The van der Waals surface area contributed by atoms with Crippen LogP contribution in [0.4, 0.5) is 0 Å². The molecule has 72 valence electrons. The van der Waals surface area contributed by atoms with Crippen LogP contribution >= 0.6 is 0 Å². The number of hydrogen-bond donors (Lipinski definition) is 1. The lowest BCUT2D eigenvalue weighted by molar-refractivity contribution is 0.849. The first-order valence-electron chi connectivity index (χ1n) is 5.07. The van der Waals surface area contributed by atoms with E-state index in [0.29, 0.717) is 0 Å². The second-order valence-corrected chi connectivity index (χ2v) is 3.54. The molecular weight excluding hydrogens is 170 g/mol. The van der Waals surface area contributed by atoms with Gasteiger partial charge in [-0.15, -0.1) is 6.58 Å². The van der Waals surface area contributed by atoms with Crippen LogP contribution in [-0.4, -0.2) is 4.98 Å². The minimum absolute atomic E-state index is 1.10. The molecule has 0 saturated carbocycles. The Labute approximate surface area is 84.5 Å². The highest BCUT2D eigenvalue weighted by Gasteiger charge is 2.00. The first-order chi connectivity index (χ1) is 6.92. The van der Waals surface area contributed by atoms with Gasteiger partial charge in [-0.25, -0.2) is 0 Å². The molecule has 1 N–H and O–H groups in total. The average Bonchev–Trinajstić information content (AvgIpc) is 2.63. The molecule has 1 aromatic heterocycles. The van der Waals surface area contributed by atoms with E-state index in [9.17, 15) is 0 Å². The van der Waals surface area contributed by atoms with Crippen LogP contribution in [0.5, 0.6) is 0 Å². The van der Waals surface area contributed by atoms with Crippen molar-refractivity contribution in [2.24, 2.45) is 0 Å². The van der Waals surface area contributed by atoms with Gasteiger partial charge in [-0.1, -0.05) is 24.3 Å². The molecule has 0 spiro atoms. The van der Waals surface area contributed by atoms with Crippen LogP contribution < -0.4 is 0 Å². The summed E-state index contributed by atoms with van der Waals surface area (Å²) in [6, 6.07) is 8.45. The molecule has 0 aliphatic heterocycles. The molecule has 1 aromatic carbocycles. The second-order valence-electron chi connectivity index (χ2n) is 3.54. The van der Waals surface area contributed by atoms with E-state index >= 15 is 0 Å². The normalized spacial score (nSPS) is 10.6. The molecule has 0 radical (unpaired) electrons. The van der Waals surface area contributed by atoms with Gasteiger partial charge in [0, 0.05) is 17.1 Å². The van der Waals surface area contributed by atoms with Crippen LogP contribution in [0, 0.1) is 0 Å². The smallest absolute Gasteiger partial charge is 0.0456 e. The standard InChI is InChI=1S/C13H15N/c1-2-3-4-7-11-10-14-13-9-6-5-8-12(11)13/h2,5-6,8-10,14H,1,3-4,7H2. The topological polar surface area (TPSA) is 15.8 Å². The molecule has 0 aliphatic carbocycles. The molecular formula is C13H15N. The summed E-state index contributed by atoms with van der Waals surface area (Å²) in [4.78, 5) is 3.29. The molecule has 1 heterocycles. The van der Waals surface area contributed by atoms with Crippen LogP contribution in [0.2, 0.25) is 0 Å². The third kappa shape index (κ3) is 1.72. The molecule has 0 atom stereocenters. The van der Waals surface area contributed by atoms with Crippen LogP contribution in [0.3, 0.4) is 0 Å². The Balaban J connectivity index is 2.20. The summed E-state index contributed by atoms with van der Waals surface area (Å²) in [7, 11) is 0. The molecule has 0 aliphatic rings. The maximum atomic E-state index is 3.73. The lowest BCUT2D eigenvalue weighted by atomic mass is 10.1. The van der Waals surface area contributed by atoms with Crippen LogP contribution in [0.15, 0.2) is 43.1 Å². The number of para-hydroxylation sites is 1. The largest absolute Gasteiger partial charge is 0.361 e. The van der Waals surface area contributed by atoms with Crippen molar-refractivity contribution < 1.29 is 0 Å². The van der Waals surface area contributed by atoms with E-state index in [1.807, 2.05) is 6.08 Å². The number of aromatic nitrogens is 1. The number of rotatable bonds is 4. The fourth-order valence-electron chi connectivity index (χ4n) is 1.78. The van der Waals surface area contributed by atoms with Crippen molar-refractivity contribution in [2.45, 2.75) is 19.3 Å². The summed E-state index contributed by atoms with van der Waals surface area (Å²) in [5.41, 5.74) is 2.66. The van der Waals surface area contributed by atoms with E-state index in [4.69, 9.17) is 0 Å². The van der Waals surface area contributed by atoms with Crippen molar-refractivity contribution >= 4 is 10.9 Å². The van der Waals surface area contributed by atoms with Crippen LogP contribution in [0.25, 0.3) is 10.9 Å². The number of aryl methyl sites for hydroxylation is 1. The van der Waals surface area contributed by atoms with Crippen LogP contribution in [0.1, 0.15) is 18.4 Å². The molecule has 0 unspecified atom stereocenters. The third-order valence-corrected chi connectivity index (χ3v) is 2.53. The van der Waals surface area contributed by atoms with Gasteiger partial charge in [-0.2, -0.15) is 0 Å². The predicted molar refractivity (Wildman–Crippen MR) is 61.4 cm³/mol. The minimum atomic E-state index is 1.10. The monoisotopic (exact) mass is 185 g/mol. The van der Waals surface area contributed by atoms with Gasteiger partial charge in [0.15, 0.2) is 0 Å². The van der Waals surface area contributed by atoms with Crippen molar-refractivity contribution in [3.8, 4) is 0 Å². The van der Waals surface area contributed by atoms with Gasteiger partial charge in [0.1, 0.15) is 0 Å². The highest BCUT2D eigenvalue weighted by atomic mass is 14.7. The molecule has 1 heteroatoms. The number of allylic oxidation sites excluding steroid dienone is 1. The van der Waals surface area contributed by atoms with Gasteiger partial charge in [0.2, 0.25) is 0 Å². The van der Waals surface area contributed by atoms with Crippen molar-refractivity contribution in [1.29, 1.82) is 0 Å². The fraction of sp³-hybridized carbons (Fsp3) is 0.231. The van der Waals surface area contributed by atoms with Gasteiger partial charge in [-0.05, 0) is 30.9 Å². The third-order valence-electron chi connectivity index (χ3n) is 2.53. The van der Waals surface area contributed by atoms with Gasteiger partial charge < -0.3 is 4.98 Å². The Kier molecular flexibility index (Phi) is 2.68. The highest BCUT2D eigenvalue weighted by molar-refractivity contribution is 5.82. The maximum Gasteiger partial charge on any atom is 0.0456 e. The summed E-state index contributed by atoms with van der Waals surface area (Å²) < 4.78 is 0. The van der Waals surface area contributed by atoms with Crippen LogP contribution in [-0.2, 0) is 6.42 Å². The Morgan fingerprint density at radius 3 is 3.00 bits per heavy atom. The van der Waals surface area contributed by atoms with Gasteiger partial charge in [0.05, 0.1) is 0 Å².